The molecule has 8 heteroatoms. The highest BCUT2D eigenvalue weighted by Gasteiger charge is 2.44. The molecule has 0 aromatic carbocycles. The van der Waals surface area contributed by atoms with Crippen LogP contribution in [-0.2, 0) is 14.3 Å². The van der Waals surface area contributed by atoms with Crippen molar-refractivity contribution in [2.45, 2.75) is 24.4 Å². The molecule has 92 valence electrons. The van der Waals surface area contributed by atoms with E-state index in [1.807, 2.05) is 5.32 Å². The Balaban J connectivity index is 2.72. The van der Waals surface area contributed by atoms with Gasteiger partial charge in [0.15, 0.2) is 12.1 Å². The molecule has 0 radical (unpaired) electrons. The maximum absolute atomic E-state index is 11.3. The van der Waals surface area contributed by atoms with E-state index in [0.717, 1.165) is 0 Å². The zero-order valence-corrected chi connectivity index (χ0v) is 8.24. The van der Waals surface area contributed by atoms with Gasteiger partial charge < -0.3 is 30.5 Å². The molecule has 1 aliphatic rings. The van der Waals surface area contributed by atoms with Crippen LogP contribution in [0.2, 0.25) is 0 Å². The summed E-state index contributed by atoms with van der Waals surface area (Å²) in [4.78, 5) is 22.1. The smallest absolute Gasteiger partial charge is 0.331 e. The van der Waals surface area contributed by atoms with Crippen LogP contribution in [0.4, 0.5) is 0 Å². The van der Waals surface area contributed by atoms with E-state index >= 15 is 0 Å². The molecule has 1 aliphatic heterocycles. The zero-order valence-electron chi connectivity index (χ0n) is 8.24. The van der Waals surface area contributed by atoms with Crippen molar-refractivity contribution in [1.82, 2.24) is 5.32 Å². The average Bonchev–Trinajstić information content (AvgIpc) is 2.28. The van der Waals surface area contributed by atoms with Crippen molar-refractivity contribution in [1.29, 1.82) is 0 Å². The van der Waals surface area contributed by atoms with Gasteiger partial charge in [-0.1, -0.05) is 0 Å². The summed E-state index contributed by atoms with van der Waals surface area (Å²) in [7, 11) is 0. The highest BCUT2D eigenvalue weighted by Crippen LogP contribution is 2.16. The quantitative estimate of drug-likeness (QED) is 0.315. The van der Waals surface area contributed by atoms with Crippen LogP contribution in [0, 0.1) is 0 Å². The van der Waals surface area contributed by atoms with Gasteiger partial charge in [0, 0.05) is 0 Å². The lowest BCUT2D eigenvalue weighted by molar-refractivity contribution is -0.190. The molecular formula is C8H13NO7. The van der Waals surface area contributed by atoms with Crippen molar-refractivity contribution in [2.24, 2.45) is 0 Å². The third kappa shape index (κ3) is 2.47. The molecule has 5 N–H and O–H groups in total. The number of aliphatic hydroxyl groups is 4. The van der Waals surface area contributed by atoms with Gasteiger partial charge in [0.05, 0.1) is 6.61 Å². The van der Waals surface area contributed by atoms with Gasteiger partial charge in [-0.25, -0.2) is 4.79 Å². The topological polar surface area (TPSA) is 136 Å². The fourth-order valence-corrected chi connectivity index (χ4v) is 1.36. The molecule has 16 heavy (non-hydrogen) atoms. The molecule has 1 heterocycles. The van der Waals surface area contributed by atoms with Crippen LogP contribution in [-0.4, -0.2) is 69.9 Å². The van der Waals surface area contributed by atoms with E-state index in [2.05, 4.69) is 4.74 Å². The third-order valence-corrected chi connectivity index (χ3v) is 2.23. The van der Waals surface area contributed by atoms with E-state index in [1.54, 1.807) is 0 Å². The predicted molar refractivity (Wildman–Crippen MR) is 48.0 cm³/mol. The normalized spacial score (nSPS) is 34.4. The number of hydrogen-bond donors (Lipinski definition) is 5. The fourth-order valence-electron chi connectivity index (χ4n) is 1.36. The summed E-state index contributed by atoms with van der Waals surface area (Å²) in [5.74, 6) is -1.85. The Morgan fingerprint density at radius 1 is 1.31 bits per heavy atom. The summed E-state index contributed by atoms with van der Waals surface area (Å²) < 4.78 is 4.58. The SMILES string of the molecule is O=C(CO)N[C@@H]1C(=O)O[C@H](CO)[C@@H](O)[C@@H]1O. The summed E-state index contributed by atoms with van der Waals surface area (Å²) in [5.41, 5.74) is 0. The van der Waals surface area contributed by atoms with Crippen molar-refractivity contribution in [3.63, 3.8) is 0 Å². The molecule has 0 aromatic rings. The Morgan fingerprint density at radius 2 is 1.94 bits per heavy atom. The first-order chi connectivity index (χ1) is 7.51. The number of esters is 1. The lowest BCUT2D eigenvalue weighted by atomic mass is 9.98. The molecule has 1 fully saturated rings. The highest BCUT2D eigenvalue weighted by molar-refractivity contribution is 5.86. The van der Waals surface area contributed by atoms with E-state index < -0.39 is 49.4 Å². The molecule has 0 aromatic heterocycles. The summed E-state index contributed by atoms with van der Waals surface area (Å²) in [6.45, 7) is -1.49. The number of carbonyl (C=O) groups is 2. The number of aliphatic hydroxyl groups excluding tert-OH is 4. The Labute approximate surface area is 90.5 Å². The van der Waals surface area contributed by atoms with Gasteiger partial charge in [-0.3, -0.25) is 4.79 Å². The van der Waals surface area contributed by atoms with Gasteiger partial charge in [-0.15, -0.1) is 0 Å². The number of nitrogens with one attached hydrogen (secondary N) is 1. The van der Waals surface area contributed by atoms with Gasteiger partial charge in [0.1, 0.15) is 18.8 Å². The monoisotopic (exact) mass is 235 g/mol. The number of carbonyl (C=O) groups excluding carboxylic acids is 2. The van der Waals surface area contributed by atoms with Crippen molar-refractivity contribution in [2.75, 3.05) is 13.2 Å². The minimum absolute atomic E-state index is 0.634. The van der Waals surface area contributed by atoms with Crippen molar-refractivity contribution < 1.29 is 34.8 Å². The summed E-state index contributed by atoms with van der Waals surface area (Å²) in [5, 5.41) is 38.1. The van der Waals surface area contributed by atoms with Gasteiger partial charge in [-0.2, -0.15) is 0 Å². The van der Waals surface area contributed by atoms with Crippen LogP contribution in [0.15, 0.2) is 0 Å². The minimum atomic E-state index is -1.59. The number of hydrogen-bond acceptors (Lipinski definition) is 7. The maximum Gasteiger partial charge on any atom is 0.331 e. The van der Waals surface area contributed by atoms with Crippen molar-refractivity contribution in [3.05, 3.63) is 0 Å². The second-order valence-corrected chi connectivity index (χ2v) is 3.34. The van der Waals surface area contributed by atoms with E-state index in [-0.39, 0.29) is 0 Å². The van der Waals surface area contributed by atoms with Crippen LogP contribution in [0.25, 0.3) is 0 Å². The van der Waals surface area contributed by atoms with Gasteiger partial charge in [-0.05, 0) is 0 Å². The Morgan fingerprint density at radius 3 is 2.44 bits per heavy atom. The summed E-state index contributed by atoms with van der Waals surface area (Å²) in [6, 6.07) is -1.45. The zero-order chi connectivity index (χ0) is 12.3. The standard InChI is InChI=1S/C8H13NO7/c10-1-3-6(13)7(14)5(8(15)16-3)9-4(12)2-11/h3,5-7,10-11,13-14H,1-2H2,(H,9,12)/t3-,5+,6-,7-/m1/s1. The first-order valence-corrected chi connectivity index (χ1v) is 4.59. The van der Waals surface area contributed by atoms with Crippen LogP contribution in [0.5, 0.6) is 0 Å². The average molecular weight is 235 g/mol. The largest absolute Gasteiger partial charge is 0.455 e. The second-order valence-electron chi connectivity index (χ2n) is 3.34. The molecule has 8 nitrogen and oxygen atoms in total. The molecule has 0 saturated carbocycles. The predicted octanol–water partition coefficient (Wildman–Crippen LogP) is -3.90. The molecule has 0 unspecified atom stereocenters. The fraction of sp³-hybridized carbons (Fsp3) is 0.750. The Bertz CT molecular complexity index is 282. The number of cyclic esters (lactones) is 1. The van der Waals surface area contributed by atoms with Gasteiger partial charge in [0.25, 0.3) is 0 Å². The Hall–Kier alpha value is -1.22. The lowest BCUT2D eigenvalue weighted by Crippen LogP contribution is -2.62. The van der Waals surface area contributed by atoms with E-state index in [9.17, 15) is 19.8 Å². The molecule has 0 aliphatic carbocycles. The lowest BCUT2D eigenvalue weighted by Gasteiger charge is -2.35. The van der Waals surface area contributed by atoms with Gasteiger partial charge in [0.2, 0.25) is 5.91 Å². The van der Waals surface area contributed by atoms with Crippen molar-refractivity contribution in [3.8, 4) is 0 Å². The first-order valence-electron chi connectivity index (χ1n) is 4.59. The third-order valence-electron chi connectivity index (χ3n) is 2.23. The van der Waals surface area contributed by atoms with Gasteiger partial charge >= 0.3 is 5.97 Å². The number of ether oxygens (including phenoxy) is 1. The van der Waals surface area contributed by atoms with Crippen LogP contribution in [0.1, 0.15) is 0 Å². The molecule has 0 spiro atoms. The number of amides is 1. The second kappa shape index (κ2) is 5.21. The maximum atomic E-state index is 11.3. The van der Waals surface area contributed by atoms with Crippen LogP contribution >= 0.6 is 0 Å². The molecule has 4 atom stereocenters. The van der Waals surface area contributed by atoms with E-state index in [0.29, 0.717) is 0 Å². The summed E-state index contributed by atoms with van der Waals surface area (Å²) >= 11 is 0. The van der Waals surface area contributed by atoms with Crippen LogP contribution in [0.3, 0.4) is 0 Å². The number of rotatable bonds is 3. The molecule has 1 saturated heterocycles. The van der Waals surface area contributed by atoms with Crippen molar-refractivity contribution >= 4 is 11.9 Å². The van der Waals surface area contributed by atoms with E-state index in [4.69, 9.17) is 10.2 Å². The molecule has 0 bridgehead atoms. The summed E-state index contributed by atoms with van der Waals surface area (Å²) in [6.07, 6.45) is -4.30. The van der Waals surface area contributed by atoms with Crippen LogP contribution < -0.4 is 5.32 Å². The molecule has 1 amide bonds. The minimum Gasteiger partial charge on any atom is -0.455 e. The molecular weight excluding hydrogens is 222 g/mol. The first kappa shape index (κ1) is 12.8. The van der Waals surface area contributed by atoms with E-state index in [1.165, 1.54) is 0 Å². The highest BCUT2D eigenvalue weighted by atomic mass is 16.6. The molecule has 1 rings (SSSR count). The Kier molecular flexibility index (Phi) is 4.19.